The molecular formula is C13H9ClF2O. The van der Waals surface area contributed by atoms with Crippen LogP contribution in [0.25, 0.3) is 0 Å². The minimum absolute atomic E-state index is 0.157. The van der Waals surface area contributed by atoms with Gasteiger partial charge in [0.15, 0.2) is 0 Å². The van der Waals surface area contributed by atoms with Gasteiger partial charge >= 0.3 is 0 Å². The third-order valence-electron chi connectivity index (χ3n) is 2.37. The molecule has 2 rings (SSSR count). The molecule has 1 nitrogen and oxygen atoms in total. The normalized spacial score (nSPS) is 12.5. The molecule has 0 aromatic heterocycles. The zero-order chi connectivity index (χ0) is 12.4. The zero-order valence-corrected chi connectivity index (χ0v) is 9.46. The van der Waals surface area contributed by atoms with Gasteiger partial charge in [-0.1, -0.05) is 23.7 Å². The van der Waals surface area contributed by atoms with Crippen LogP contribution >= 0.6 is 11.6 Å². The summed E-state index contributed by atoms with van der Waals surface area (Å²) in [5.74, 6) is -1.44. The summed E-state index contributed by atoms with van der Waals surface area (Å²) in [5, 5.41) is 10.4. The van der Waals surface area contributed by atoms with Crippen LogP contribution in [0.15, 0.2) is 42.5 Å². The van der Waals surface area contributed by atoms with Gasteiger partial charge in [0, 0.05) is 11.1 Å². The van der Waals surface area contributed by atoms with Crippen LogP contribution in [0.3, 0.4) is 0 Å². The second-order valence-electron chi connectivity index (χ2n) is 3.66. The Balaban J connectivity index is 2.39. The van der Waals surface area contributed by atoms with Crippen molar-refractivity contribution in [1.82, 2.24) is 0 Å². The van der Waals surface area contributed by atoms with Gasteiger partial charge in [-0.3, -0.25) is 0 Å². The molecule has 0 amide bonds. The Bertz CT molecular complexity index is 522. The molecule has 2 aromatic rings. The number of hydrogen-bond acceptors (Lipinski definition) is 1. The Hall–Kier alpha value is -1.45. The van der Waals surface area contributed by atoms with Crippen molar-refractivity contribution in [1.29, 1.82) is 0 Å². The van der Waals surface area contributed by atoms with E-state index in [1.54, 1.807) is 24.3 Å². The minimum atomic E-state index is -1.10. The molecule has 0 saturated heterocycles. The largest absolute Gasteiger partial charge is 0.384 e. The predicted molar refractivity (Wildman–Crippen MR) is 61.9 cm³/mol. The summed E-state index contributed by atoms with van der Waals surface area (Å²) in [6.07, 6.45) is -1.10. The molecule has 0 spiro atoms. The van der Waals surface area contributed by atoms with Gasteiger partial charge in [0.05, 0.1) is 0 Å². The molecule has 0 aliphatic carbocycles. The molecule has 0 aliphatic rings. The SMILES string of the molecule is OC(c1cc(F)cc(F)c1)c1cccc(Cl)c1. The number of aliphatic hydroxyl groups is 1. The number of halogens is 3. The fourth-order valence-corrected chi connectivity index (χ4v) is 1.80. The summed E-state index contributed by atoms with van der Waals surface area (Å²) in [6.45, 7) is 0. The van der Waals surface area contributed by atoms with Crippen LogP contribution in [-0.2, 0) is 0 Å². The van der Waals surface area contributed by atoms with E-state index in [9.17, 15) is 13.9 Å². The van der Waals surface area contributed by atoms with Crippen LogP contribution in [0.2, 0.25) is 5.02 Å². The van der Waals surface area contributed by atoms with E-state index in [2.05, 4.69) is 0 Å². The second-order valence-corrected chi connectivity index (χ2v) is 4.10. The average Bonchev–Trinajstić information content (AvgIpc) is 2.26. The molecule has 17 heavy (non-hydrogen) atoms. The van der Waals surface area contributed by atoms with Gasteiger partial charge in [-0.05, 0) is 35.4 Å². The summed E-state index contributed by atoms with van der Waals surface area (Å²) in [7, 11) is 0. The lowest BCUT2D eigenvalue weighted by Gasteiger charge is -2.12. The molecule has 1 N–H and O–H groups in total. The van der Waals surface area contributed by atoms with Crippen molar-refractivity contribution in [3.8, 4) is 0 Å². The van der Waals surface area contributed by atoms with Crippen LogP contribution in [0.4, 0.5) is 8.78 Å². The summed E-state index contributed by atoms with van der Waals surface area (Å²) in [4.78, 5) is 0. The van der Waals surface area contributed by atoms with Crippen LogP contribution in [-0.4, -0.2) is 5.11 Å². The molecule has 0 radical (unpaired) electrons. The summed E-state index contributed by atoms with van der Waals surface area (Å²) >= 11 is 5.78. The van der Waals surface area contributed by atoms with Gasteiger partial charge in [0.1, 0.15) is 17.7 Å². The zero-order valence-electron chi connectivity index (χ0n) is 8.70. The molecular weight excluding hydrogens is 246 g/mol. The predicted octanol–water partition coefficient (Wildman–Crippen LogP) is 3.70. The van der Waals surface area contributed by atoms with E-state index >= 15 is 0 Å². The summed E-state index contributed by atoms with van der Waals surface area (Å²) in [5.41, 5.74) is 0.646. The second kappa shape index (κ2) is 4.82. The maximum atomic E-state index is 13.0. The highest BCUT2D eigenvalue weighted by molar-refractivity contribution is 6.30. The molecule has 1 atom stereocenters. The minimum Gasteiger partial charge on any atom is -0.384 e. The Kier molecular flexibility index (Phi) is 3.41. The molecule has 88 valence electrons. The first-order chi connectivity index (χ1) is 8.06. The Morgan fingerprint density at radius 1 is 0.941 bits per heavy atom. The molecule has 0 fully saturated rings. The smallest absolute Gasteiger partial charge is 0.126 e. The van der Waals surface area contributed by atoms with E-state index in [1.165, 1.54) is 0 Å². The van der Waals surface area contributed by atoms with Crippen LogP contribution in [0.5, 0.6) is 0 Å². The monoisotopic (exact) mass is 254 g/mol. The van der Waals surface area contributed by atoms with Crippen molar-refractivity contribution in [3.63, 3.8) is 0 Å². The molecule has 0 saturated carbocycles. The van der Waals surface area contributed by atoms with Crippen molar-refractivity contribution in [3.05, 3.63) is 70.2 Å². The van der Waals surface area contributed by atoms with Crippen molar-refractivity contribution < 1.29 is 13.9 Å². The van der Waals surface area contributed by atoms with Gasteiger partial charge < -0.3 is 5.11 Å². The van der Waals surface area contributed by atoms with E-state index in [1.807, 2.05) is 0 Å². The van der Waals surface area contributed by atoms with E-state index in [-0.39, 0.29) is 5.56 Å². The van der Waals surface area contributed by atoms with E-state index in [0.29, 0.717) is 10.6 Å². The van der Waals surface area contributed by atoms with E-state index in [0.717, 1.165) is 18.2 Å². The highest BCUT2D eigenvalue weighted by atomic mass is 35.5. The van der Waals surface area contributed by atoms with E-state index in [4.69, 9.17) is 11.6 Å². The van der Waals surface area contributed by atoms with Crippen LogP contribution in [0, 0.1) is 11.6 Å². The molecule has 4 heteroatoms. The Labute approximate surface area is 102 Å². The van der Waals surface area contributed by atoms with Gasteiger partial charge in [-0.2, -0.15) is 0 Å². The maximum absolute atomic E-state index is 13.0. The van der Waals surface area contributed by atoms with Crippen LogP contribution < -0.4 is 0 Å². The fourth-order valence-electron chi connectivity index (χ4n) is 1.60. The van der Waals surface area contributed by atoms with Gasteiger partial charge in [0.2, 0.25) is 0 Å². The lowest BCUT2D eigenvalue weighted by atomic mass is 10.0. The highest BCUT2D eigenvalue weighted by Gasteiger charge is 2.13. The van der Waals surface area contributed by atoms with E-state index < -0.39 is 17.7 Å². The lowest BCUT2D eigenvalue weighted by molar-refractivity contribution is 0.219. The lowest BCUT2D eigenvalue weighted by Crippen LogP contribution is -2.01. The Morgan fingerprint density at radius 2 is 1.59 bits per heavy atom. The number of benzene rings is 2. The average molecular weight is 255 g/mol. The molecule has 2 aromatic carbocycles. The van der Waals surface area contributed by atoms with Crippen molar-refractivity contribution >= 4 is 11.6 Å². The first-order valence-corrected chi connectivity index (χ1v) is 5.33. The van der Waals surface area contributed by atoms with Gasteiger partial charge in [0.25, 0.3) is 0 Å². The van der Waals surface area contributed by atoms with Crippen molar-refractivity contribution in [2.75, 3.05) is 0 Å². The van der Waals surface area contributed by atoms with Gasteiger partial charge in [-0.15, -0.1) is 0 Å². The highest BCUT2D eigenvalue weighted by Crippen LogP contribution is 2.25. The molecule has 1 unspecified atom stereocenters. The molecule has 0 bridgehead atoms. The van der Waals surface area contributed by atoms with Crippen molar-refractivity contribution in [2.24, 2.45) is 0 Å². The third kappa shape index (κ3) is 2.81. The number of aliphatic hydroxyl groups excluding tert-OH is 1. The fraction of sp³-hybridized carbons (Fsp3) is 0.0769. The molecule has 0 aliphatic heterocycles. The van der Waals surface area contributed by atoms with Crippen LogP contribution in [0.1, 0.15) is 17.2 Å². The first kappa shape index (κ1) is 12.0. The number of hydrogen-bond donors (Lipinski definition) is 1. The summed E-state index contributed by atoms with van der Waals surface area (Å²) < 4.78 is 26.0. The first-order valence-electron chi connectivity index (χ1n) is 4.96. The summed E-state index contributed by atoms with van der Waals surface area (Å²) in [6, 6.07) is 9.45. The standard InChI is InChI=1S/C13H9ClF2O/c14-10-3-1-2-8(4-10)13(17)9-5-11(15)7-12(16)6-9/h1-7,13,17H. The topological polar surface area (TPSA) is 20.2 Å². The Morgan fingerprint density at radius 3 is 2.18 bits per heavy atom. The van der Waals surface area contributed by atoms with Gasteiger partial charge in [-0.25, -0.2) is 8.78 Å². The third-order valence-corrected chi connectivity index (χ3v) is 2.60. The van der Waals surface area contributed by atoms with Crippen molar-refractivity contribution in [2.45, 2.75) is 6.10 Å². The molecule has 0 heterocycles. The number of rotatable bonds is 2. The quantitative estimate of drug-likeness (QED) is 0.866. The maximum Gasteiger partial charge on any atom is 0.126 e.